The van der Waals surface area contributed by atoms with Crippen LogP contribution in [-0.4, -0.2) is 16.6 Å². The number of benzene rings is 1. The van der Waals surface area contributed by atoms with Gasteiger partial charge in [0.05, 0.1) is 6.61 Å². The van der Waals surface area contributed by atoms with Crippen LogP contribution in [0.15, 0.2) is 30.6 Å². The average molecular weight is 228 g/mol. The first-order chi connectivity index (χ1) is 8.38. The van der Waals surface area contributed by atoms with Gasteiger partial charge in [-0.1, -0.05) is 0 Å². The van der Waals surface area contributed by atoms with Gasteiger partial charge >= 0.3 is 0 Å². The molecule has 1 aromatic heterocycles. The molecule has 0 radical (unpaired) electrons. The summed E-state index contributed by atoms with van der Waals surface area (Å²) in [6.07, 6.45) is 4.20. The van der Waals surface area contributed by atoms with Crippen molar-refractivity contribution >= 4 is 5.82 Å². The second-order valence-corrected chi connectivity index (χ2v) is 3.82. The highest BCUT2D eigenvalue weighted by atomic mass is 16.5. The highest BCUT2D eigenvalue weighted by molar-refractivity contribution is 5.72. The lowest BCUT2D eigenvalue weighted by Crippen LogP contribution is -2.10. The molecular weight excluding hydrogens is 216 g/mol. The smallest absolute Gasteiger partial charge is 0.166 e. The van der Waals surface area contributed by atoms with Crippen molar-refractivity contribution in [3.63, 3.8) is 0 Å². The average Bonchev–Trinajstić information content (AvgIpc) is 2.85. The molecule has 5 nitrogen and oxygen atoms in total. The molecule has 1 aromatic carbocycles. The first-order valence-corrected chi connectivity index (χ1v) is 5.42. The van der Waals surface area contributed by atoms with E-state index in [2.05, 4.69) is 21.5 Å². The van der Waals surface area contributed by atoms with Gasteiger partial charge in [-0.2, -0.15) is 0 Å². The van der Waals surface area contributed by atoms with Crippen molar-refractivity contribution < 1.29 is 4.74 Å². The van der Waals surface area contributed by atoms with Crippen molar-refractivity contribution in [1.29, 1.82) is 0 Å². The summed E-state index contributed by atoms with van der Waals surface area (Å²) in [6.45, 7) is 0.751. The second kappa shape index (κ2) is 4.03. The number of hydrogen-bond acceptors (Lipinski definition) is 5. The van der Waals surface area contributed by atoms with E-state index in [0.29, 0.717) is 5.82 Å². The molecule has 2 aromatic rings. The lowest BCUT2D eigenvalue weighted by Gasteiger charge is -2.07. The van der Waals surface area contributed by atoms with Crippen LogP contribution in [0.3, 0.4) is 0 Å². The zero-order chi connectivity index (χ0) is 11.7. The van der Waals surface area contributed by atoms with Crippen molar-refractivity contribution in [2.24, 2.45) is 5.84 Å². The SMILES string of the molecule is NNc1nccnc1-c1ccc2c(c1)CCO2. The molecule has 2 heterocycles. The highest BCUT2D eigenvalue weighted by Crippen LogP contribution is 2.31. The normalized spacial score (nSPS) is 13.0. The number of hydrazine groups is 1. The molecular formula is C12H12N4O. The summed E-state index contributed by atoms with van der Waals surface area (Å²) in [5.41, 5.74) is 5.51. The molecule has 0 saturated heterocycles. The van der Waals surface area contributed by atoms with Crippen LogP contribution in [-0.2, 0) is 6.42 Å². The minimum absolute atomic E-state index is 0.575. The van der Waals surface area contributed by atoms with E-state index in [9.17, 15) is 0 Å². The molecule has 0 fully saturated rings. The second-order valence-electron chi connectivity index (χ2n) is 3.82. The number of nitrogens with one attached hydrogen (secondary N) is 1. The highest BCUT2D eigenvalue weighted by Gasteiger charge is 2.14. The van der Waals surface area contributed by atoms with E-state index >= 15 is 0 Å². The van der Waals surface area contributed by atoms with E-state index in [1.807, 2.05) is 12.1 Å². The Morgan fingerprint density at radius 2 is 2.12 bits per heavy atom. The maximum atomic E-state index is 5.47. The fourth-order valence-electron chi connectivity index (χ4n) is 1.99. The minimum atomic E-state index is 0.575. The lowest BCUT2D eigenvalue weighted by atomic mass is 10.1. The third kappa shape index (κ3) is 1.70. The first-order valence-electron chi connectivity index (χ1n) is 5.42. The molecule has 0 atom stereocenters. The molecule has 5 heteroatoms. The number of nitrogen functional groups attached to an aromatic ring is 1. The van der Waals surface area contributed by atoms with Crippen molar-refractivity contribution in [3.8, 4) is 17.0 Å². The Labute approximate surface area is 98.6 Å². The van der Waals surface area contributed by atoms with Crippen molar-refractivity contribution in [3.05, 3.63) is 36.2 Å². The summed E-state index contributed by atoms with van der Waals surface area (Å²) in [7, 11) is 0. The van der Waals surface area contributed by atoms with Gasteiger partial charge in [-0.05, 0) is 23.8 Å². The van der Waals surface area contributed by atoms with Crippen molar-refractivity contribution in [2.75, 3.05) is 12.0 Å². The van der Waals surface area contributed by atoms with E-state index in [1.54, 1.807) is 12.4 Å². The van der Waals surface area contributed by atoms with Gasteiger partial charge in [0.2, 0.25) is 0 Å². The van der Waals surface area contributed by atoms with Gasteiger partial charge in [0.15, 0.2) is 5.82 Å². The number of nitrogens with two attached hydrogens (primary N) is 1. The summed E-state index contributed by atoms with van der Waals surface area (Å²) in [6, 6.07) is 6.01. The number of rotatable bonds is 2. The molecule has 0 bridgehead atoms. The van der Waals surface area contributed by atoms with Gasteiger partial charge in [0.25, 0.3) is 0 Å². The Bertz CT molecular complexity index is 556. The largest absolute Gasteiger partial charge is 0.493 e. The lowest BCUT2D eigenvalue weighted by molar-refractivity contribution is 0.357. The van der Waals surface area contributed by atoms with Gasteiger partial charge in [-0.25, -0.2) is 10.8 Å². The summed E-state index contributed by atoms with van der Waals surface area (Å²) in [4.78, 5) is 8.44. The van der Waals surface area contributed by atoms with E-state index in [0.717, 1.165) is 30.0 Å². The standard InChI is InChI=1S/C12H12N4O/c13-16-12-11(14-4-5-15-12)9-1-2-10-8(7-9)3-6-17-10/h1-2,4-5,7H,3,6,13H2,(H,15,16). The number of aromatic nitrogens is 2. The van der Waals surface area contributed by atoms with Crippen LogP contribution in [0.2, 0.25) is 0 Å². The Morgan fingerprint density at radius 1 is 1.24 bits per heavy atom. The number of fused-ring (bicyclic) bond motifs is 1. The monoisotopic (exact) mass is 228 g/mol. The van der Waals surface area contributed by atoms with Crippen LogP contribution in [0, 0.1) is 0 Å². The van der Waals surface area contributed by atoms with Gasteiger partial charge in [0.1, 0.15) is 11.4 Å². The fraction of sp³-hybridized carbons (Fsp3) is 0.167. The number of hydrogen-bond donors (Lipinski definition) is 2. The third-order valence-electron chi connectivity index (χ3n) is 2.80. The molecule has 0 aliphatic carbocycles. The summed E-state index contributed by atoms with van der Waals surface area (Å²) >= 11 is 0. The Hall–Kier alpha value is -2.14. The molecule has 1 aliphatic rings. The molecule has 86 valence electrons. The van der Waals surface area contributed by atoms with Gasteiger partial charge < -0.3 is 10.2 Å². The third-order valence-corrected chi connectivity index (χ3v) is 2.80. The van der Waals surface area contributed by atoms with Gasteiger partial charge in [0, 0.05) is 24.4 Å². The molecule has 1 aliphatic heterocycles. The molecule has 3 N–H and O–H groups in total. The predicted molar refractivity (Wildman–Crippen MR) is 64.5 cm³/mol. The quantitative estimate of drug-likeness (QED) is 0.600. The molecule has 3 rings (SSSR count). The zero-order valence-electron chi connectivity index (χ0n) is 9.18. The Balaban J connectivity index is 2.09. The zero-order valence-corrected chi connectivity index (χ0v) is 9.18. The van der Waals surface area contributed by atoms with Crippen molar-refractivity contribution in [1.82, 2.24) is 9.97 Å². The maximum Gasteiger partial charge on any atom is 0.166 e. The van der Waals surface area contributed by atoms with E-state index in [4.69, 9.17) is 10.6 Å². The summed E-state index contributed by atoms with van der Waals surface area (Å²) in [5, 5.41) is 0. The van der Waals surface area contributed by atoms with Crippen LogP contribution >= 0.6 is 0 Å². The van der Waals surface area contributed by atoms with E-state index in [1.165, 1.54) is 5.56 Å². The fourth-order valence-corrected chi connectivity index (χ4v) is 1.99. The van der Waals surface area contributed by atoms with Gasteiger partial charge in [-0.15, -0.1) is 0 Å². The van der Waals surface area contributed by atoms with E-state index < -0.39 is 0 Å². The Morgan fingerprint density at radius 3 is 3.00 bits per heavy atom. The number of nitrogens with zero attached hydrogens (tertiary/aromatic N) is 2. The van der Waals surface area contributed by atoms with Crippen LogP contribution < -0.4 is 16.0 Å². The van der Waals surface area contributed by atoms with Crippen LogP contribution in [0.4, 0.5) is 5.82 Å². The number of anilines is 1. The molecule has 17 heavy (non-hydrogen) atoms. The van der Waals surface area contributed by atoms with Crippen LogP contribution in [0.5, 0.6) is 5.75 Å². The maximum absolute atomic E-state index is 5.47. The number of ether oxygens (including phenoxy) is 1. The molecule has 0 unspecified atom stereocenters. The Kier molecular flexibility index (Phi) is 2.38. The van der Waals surface area contributed by atoms with E-state index in [-0.39, 0.29) is 0 Å². The first kappa shape index (κ1) is 10.0. The molecule has 0 saturated carbocycles. The predicted octanol–water partition coefficient (Wildman–Crippen LogP) is 1.36. The summed E-state index contributed by atoms with van der Waals surface area (Å²) < 4.78 is 5.47. The molecule has 0 amide bonds. The van der Waals surface area contributed by atoms with Gasteiger partial charge in [-0.3, -0.25) is 4.98 Å². The summed E-state index contributed by atoms with van der Waals surface area (Å²) in [5.74, 6) is 6.96. The topological polar surface area (TPSA) is 73.1 Å². The van der Waals surface area contributed by atoms with Crippen LogP contribution in [0.25, 0.3) is 11.3 Å². The van der Waals surface area contributed by atoms with Crippen molar-refractivity contribution in [2.45, 2.75) is 6.42 Å². The minimum Gasteiger partial charge on any atom is -0.493 e. The van der Waals surface area contributed by atoms with Crippen LogP contribution in [0.1, 0.15) is 5.56 Å². The molecule has 0 spiro atoms.